The zero-order valence-corrected chi connectivity index (χ0v) is 5.74. The van der Waals surface area contributed by atoms with E-state index in [1.54, 1.807) is 18.2 Å². The maximum Gasteiger partial charge on any atom is 0.126 e. The van der Waals surface area contributed by atoms with Crippen molar-refractivity contribution in [3.05, 3.63) is 46.1 Å². The molecule has 1 aromatic rings. The molecule has 1 aromatic carbocycles. The molecule has 0 amide bonds. The molecule has 0 bridgehead atoms. The third-order valence-electron chi connectivity index (χ3n) is 1.26. The quantitative estimate of drug-likeness (QED) is 0.354. The first-order chi connectivity index (χ1) is 5.34. The molecular weight excluding hydrogens is 145 g/mol. The van der Waals surface area contributed by atoms with E-state index in [9.17, 15) is 4.39 Å². The molecule has 0 unspecified atom stereocenters. The average Bonchev–Trinajstić information content (AvgIpc) is 2.03. The van der Waals surface area contributed by atoms with E-state index in [2.05, 4.69) is 10.0 Å². The van der Waals surface area contributed by atoms with Crippen LogP contribution >= 0.6 is 0 Å². The summed E-state index contributed by atoms with van der Waals surface area (Å²) in [5, 5.41) is 3.24. The number of rotatable bonds is 2. The van der Waals surface area contributed by atoms with E-state index in [1.165, 1.54) is 6.07 Å². The number of nitrogens with zero attached hydrogens (tertiary/aromatic N) is 3. The molecule has 0 aromatic heterocycles. The zero-order valence-electron chi connectivity index (χ0n) is 5.74. The molecule has 1 rings (SSSR count). The maximum absolute atomic E-state index is 12.7. The molecule has 0 spiro atoms. The topological polar surface area (TPSA) is 48.8 Å². The van der Waals surface area contributed by atoms with Crippen LogP contribution in [0.5, 0.6) is 0 Å². The van der Waals surface area contributed by atoms with Gasteiger partial charge in [0, 0.05) is 4.91 Å². The van der Waals surface area contributed by atoms with Gasteiger partial charge in [0.05, 0.1) is 6.54 Å². The molecule has 4 heteroatoms. The second-order valence-corrected chi connectivity index (χ2v) is 1.98. The van der Waals surface area contributed by atoms with E-state index in [0.717, 1.165) is 0 Å². The summed E-state index contributed by atoms with van der Waals surface area (Å²) in [7, 11) is 0. The minimum absolute atomic E-state index is 0.0726. The Morgan fingerprint density at radius 1 is 1.45 bits per heavy atom. The highest BCUT2D eigenvalue weighted by Crippen LogP contribution is 2.06. The van der Waals surface area contributed by atoms with Crippen LogP contribution in [0.25, 0.3) is 10.4 Å². The largest absolute Gasteiger partial charge is 0.207 e. The van der Waals surface area contributed by atoms with Crippen molar-refractivity contribution in [3.8, 4) is 0 Å². The summed E-state index contributed by atoms with van der Waals surface area (Å²) in [6, 6.07) is 6.21. The fourth-order valence-corrected chi connectivity index (χ4v) is 0.734. The number of azide groups is 1. The highest BCUT2D eigenvalue weighted by atomic mass is 19.1. The van der Waals surface area contributed by atoms with Gasteiger partial charge in [-0.25, -0.2) is 4.39 Å². The van der Waals surface area contributed by atoms with Crippen LogP contribution in [0.15, 0.2) is 29.4 Å². The lowest BCUT2D eigenvalue weighted by molar-refractivity contribution is 0.610. The molecule has 0 saturated heterocycles. The van der Waals surface area contributed by atoms with E-state index in [4.69, 9.17) is 5.53 Å². The average molecular weight is 151 g/mol. The van der Waals surface area contributed by atoms with Crippen molar-refractivity contribution in [3.63, 3.8) is 0 Å². The fourth-order valence-electron chi connectivity index (χ4n) is 0.734. The molecule has 0 fully saturated rings. The van der Waals surface area contributed by atoms with E-state index in [-0.39, 0.29) is 12.4 Å². The predicted molar refractivity (Wildman–Crippen MR) is 39.3 cm³/mol. The smallest absolute Gasteiger partial charge is 0.126 e. The standard InChI is InChI=1S/C7H6FN3/c8-7-4-2-1-3-6(7)5-10-11-9/h1-4H,5H2. The summed E-state index contributed by atoms with van der Waals surface area (Å²) >= 11 is 0. The summed E-state index contributed by atoms with van der Waals surface area (Å²) < 4.78 is 12.7. The van der Waals surface area contributed by atoms with Gasteiger partial charge < -0.3 is 0 Å². The number of hydrogen-bond acceptors (Lipinski definition) is 1. The van der Waals surface area contributed by atoms with Crippen molar-refractivity contribution >= 4 is 0 Å². The third kappa shape index (κ3) is 1.95. The van der Waals surface area contributed by atoms with Gasteiger partial charge in [0.2, 0.25) is 0 Å². The van der Waals surface area contributed by atoms with E-state index < -0.39 is 0 Å². The van der Waals surface area contributed by atoms with Gasteiger partial charge >= 0.3 is 0 Å². The van der Waals surface area contributed by atoms with Crippen LogP contribution in [0.4, 0.5) is 4.39 Å². The second-order valence-electron chi connectivity index (χ2n) is 1.98. The van der Waals surface area contributed by atoms with Crippen molar-refractivity contribution in [2.45, 2.75) is 6.54 Å². The summed E-state index contributed by atoms with van der Waals surface area (Å²) in [4.78, 5) is 2.53. The molecule has 0 atom stereocenters. The molecule has 11 heavy (non-hydrogen) atoms. The van der Waals surface area contributed by atoms with Gasteiger partial charge in [-0.15, -0.1) is 0 Å². The predicted octanol–water partition coefficient (Wildman–Crippen LogP) is 2.64. The van der Waals surface area contributed by atoms with Crippen LogP contribution in [0.2, 0.25) is 0 Å². The Balaban J connectivity index is 2.85. The lowest BCUT2D eigenvalue weighted by Crippen LogP contribution is -1.84. The summed E-state index contributed by atoms with van der Waals surface area (Å²) in [5.41, 5.74) is 8.38. The molecule has 0 aliphatic rings. The maximum atomic E-state index is 12.7. The summed E-state index contributed by atoms with van der Waals surface area (Å²) in [5.74, 6) is -0.333. The Bertz CT molecular complexity index is 291. The van der Waals surface area contributed by atoms with Gasteiger partial charge in [-0.1, -0.05) is 23.3 Å². The van der Waals surface area contributed by atoms with Crippen LogP contribution in [0.1, 0.15) is 5.56 Å². The highest BCUT2D eigenvalue weighted by molar-refractivity contribution is 5.16. The zero-order chi connectivity index (χ0) is 8.10. The van der Waals surface area contributed by atoms with Crippen LogP contribution in [-0.2, 0) is 6.54 Å². The van der Waals surface area contributed by atoms with Crippen LogP contribution < -0.4 is 0 Å². The monoisotopic (exact) mass is 151 g/mol. The number of benzene rings is 1. The van der Waals surface area contributed by atoms with Crippen molar-refractivity contribution in [1.29, 1.82) is 0 Å². The third-order valence-corrected chi connectivity index (χ3v) is 1.26. The molecule has 0 N–H and O–H groups in total. The minimum atomic E-state index is -0.333. The fraction of sp³-hybridized carbons (Fsp3) is 0.143. The molecule has 0 aliphatic heterocycles. The summed E-state index contributed by atoms with van der Waals surface area (Å²) in [6.07, 6.45) is 0. The van der Waals surface area contributed by atoms with E-state index in [1.807, 2.05) is 0 Å². The SMILES string of the molecule is [N-]=[N+]=NCc1ccccc1F. The Morgan fingerprint density at radius 2 is 2.18 bits per heavy atom. The molecule has 56 valence electrons. The Morgan fingerprint density at radius 3 is 2.82 bits per heavy atom. The number of hydrogen-bond donors (Lipinski definition) is 0. The van der Waals surface area contributed by atoms with E-state index >= 15 is 0 Å². The van der Waals surface area contributed by atoms with Crippen molar-refractivity contribution in [2.24, 2.45) is 5.11 Å². The van der Waals surface area contributed by atoms with Crippen LogP contribution in [0.3, 0.4) is 0 Å². The summed E-state index contributed by atoms with van der Waals surface area (Å²) in [6.45, 7) is 0.0726. The molecule has 3 nitrogen and oxygen atoms in total. The normalized spacial score (nSPS) is 8.82. The number of halogens is 1. The van der Waals surface area contributed by atoms with Crippen LogP contribution in [0, 0.1) is 5.82 Å². The minimum Gasteiger partial charge on any atom is -0.207 e. The van der Waals surface area contributed by atoms with Gasteiger partial charge in [0.25, 0.3) is 0 Å². The molecule has 0 aliphatic carbocycles. The molecule has 0 saturated carbocycles. The molecule has 0 radical (unpaired) electrons. The Labute approximate surface area is 63.1 Å². The van der Waals surface area contributed by atoms with Gasteiger partial charge in [0.1, 0.15) is 5.82 Å². The first-order valence-corrected chi connectivity index (χ1v) is 3.09. The van der Waals surface area contributed by atoms with Crippen LogP contribution in [-0.4, -0.2) is 0 Å². The van der Waals surface area contributed by atoms with Crippen molar-refractivity contribution < 1.29 is 4.39 Å². The van der Waals surface area contributed by atoms with Gasteiger partial charge in [-0.05, 0) is 17.2 Å². The van der Waals surface area contributed by atoms with Gasteiger partial charge in [-0.3, -0.25) is 0 Å². The van der Waals surface area contributed by atoms with Gasteiger partial charge in [-0.2, -0.15) is 0 Å². The van der Waals surface area contributed by atoms with Crippen molar-refractivity contribution in [1.82, 2.24) is 0 Å². The Kier molecular flexibility index (Phi) is 2.47. The first-order valence-electron chi connectivity index (χ1n) is 3.09. The van der Waals surface area contributed by atoms with Gasteiger partial charge in [0.15, 0.2) is 0 Å². The molecule has 0 heterocycles. The lowest BCUT2D eigenvalue weighted by atomic mass is 10.2. The lowest BCUT2D eigenvalue weighted by Gasteiger charge is -1.94. The Hall–Kier alpha value is -1.54. The highest BCUT2D eigenvalue weighted by Gasteiger charge is 1.96. The first kappa shape index (κ1) is 7.57. The van der Waals surface area contributed by atoms with E-state index in [0.29, 0.717) is 5.56 Å². The van der Waals surface area contributed by atoms with Crippen molar-refractivity contribution in [2.75, 3.05) is 0 Å². The second kappa shape index (κ2) is 3.58. The molecular formula is C7H6FN3.